The van der Waals surface area contributed by atoms with E-state index in [0.29, 0.717) is 11.3 Å². The molecule has 0 aliphatic carbocycles. The number of hydrogen-bond acceptors (Lipinski definition) is 4. The zero-order valence-electron chi connectivity index (χ0n) is 14.0. The second-order valence-corrected chi connectivity index (χ2v) is 5.55. The zero-order valence-corrected chi connectivity index (χ0v) is 14.0. The second-order valence-electron chi connectivity index (χ2n) is 5.55. The number of pyridine rings is 1. The van der Waals surface area contributed by atoms with Crippen LogP contribution in [-0.4, -0.2) is 42.4 Å². The Labute approximate surface area is 141 Å². The third kappa shape index (κ3) is 4.55. The Hall–Kier alpha value is -2.89. The lowest BCUT2D eigenvalue weighted by molar-refractivity contribution is -0.130. The number of carbonyl (C=O) groups excluding carboxylic acids is 2. The highest BCUT2D eigenvalue weighted by molar-refractivity contribution is 5.97. The lowest BCUT2D eigenvalue weighted by Gasteiger charge is -2.17. The molecule has 6 heteroatoms. The smallest absolute Gasteiger partial charge is 0.259 e. The Kier molecular flexibility index (Phi) is 5.89. The Morgan fingerprint density at radius 1 is 1.17 bits per heavy atom. The Bertz CT molecular complexity index is 702. The van der Waals surface area contributed by atoms with Gasteiger partial charge in [0.05, 0.1) is 11.6 Å². The van der Waals surface area contributed by atoms with Crippen molar-refractivity contribution in [2.45, 2.75) is 13.0 Å². The third-order valence-corrected chi connectivity index (χ3v) is 3.54. The van der Waals surface area contributed by atoms with Crippen LogP contribution >= 0.6 is 0 Å². The maximum atomic E-state index is 12.5. The minimum atomic E-state index is -0.257. The van der Waals surface area contributed by atoms with Crippen LogP contribution in [-0.2, 0) is 4.79 Å². The molecule has 1 aromatic carbocycles. The van der Waals surface area contributed by atoms with Crippen molar-refractivity contribution in [2.24, 2.45) is 0 Å². The fraction of sp³-hybridized carbons (Fsp3) is 0.278. The number of para-hydroxylation sites is 1. The molecule has 2 rings (SSSR count). The summed E-state index contributed by atoms with van der Waals surface area (Å²) in [4.78, 5) is 29.6. The third-order valence-electron chi connectivity index (χ3n) is 3.54. The molecule has 0 bridgehead atoms. The van der Waals surface area contributed by atoms with E-state index < -0.39 is 0 Å². The number of nitrogens with one attached hydrogen (secondary N) is 1. The fourth-order valence-corrected chi connectivity index (χ4v) is 2.06. The Morgan fingerprint density at radius 3 is 2.50 bits per heavy atom. The van der Waals surface area contributed by atoms with Crippen LogP contribution in [0.2, 0.25) is 0 Å². The number of rotatable bonds is 6. The molecule has 2 amide bonds. The van der Waals surface area contributed by atoms with Crippen LogP contribution in [0.15, 0.2) is 48.8 Å². The standard InChI is InChI=1S/C18H21N3O3/c1-13(14-8-10-19-11-9-14)20-18(23)15-6-4-5-7-16(15)24-12-17(22)21(2)3/h4-11,13H,12H2,1-3H3,(H,20,23)/t13-/m1/s1. The van der Waals surface area contributed by atoms with Gasteiger partial charge in [0.15, 0.2) is 6.61 Å². The normalized spacial score (nSPS) is 11.5. The van der Waals surface area contributed by atoms with Gasteiger partial charge in [-0.25, -0.2) is 0 Å². The van der Waals surface area contributed by atoms with Gasteiger partial charge in [0.1, 0.15) is 5.75 Å². The molecule has 0 aliphatic rings. The van der Waals surface area contributed by atoms with Crippen molar-refractivity contribution >= 4 is 11.8 Å². The van der Waals surface area contributed by atoms with Crippen LogP contribution in [0, 0.1) is 0 Å². The molecule has 1 heterocycles. The van der Waals surface area contributed by atoms with E-state index in [2.05, 4.69) is 10.3 Å². The monoisotopic (exact) mass is 327 g/mol. The van der Waals surface area contributed by atoms with Gasteiger partial charge in [-0.05, 0) is 36.8 Å². The van der Waals surface area contributed by atoms with Crippen LogP contribution in [0.5, 0.6) is 5.75 Å². The van der Waals surface area contributed by atoms with Gasteiger partial charge in [-0.3, -0.25) is 14.6 Å². The van der Waals surface area contributed by atoms with Crippen LogP contribution in [0.3, 0.4) is 0 Å². The predicted molar refractivity (Wildman–Crippen MR) is 90.7 cm³/mol. The fourth-order valence-electron chi connectivity index (χ4n) is 2.06. The molecule has 0 aliphatic heterocycles. The van der Waals surface area contributed by atoms with Crippen LogP contribution in [0.1, 0.15) is 28.9 Å². The summed E-state index contributed by atoms with van der Waals surface area (Å²) >= 11 is 0. The van der Waals surface area contributed by atoms with E-state index in [1.807, 2.05) is 19.1 Å². The quantitative estimate of drug-likeness (QED) is 0.881. The van der Waals surface area contributed by atoms with E-state index in [0.717, 1.165) is 5.56 Å². The summed E-state index contributed by atoms with van der Waals surface area (Å²) in [5.74, 6) is -0.0466. The Morgan fingerprint density at radius 2 is 1.83 bits per heavy atom. The second kappa shape index (κ2) is 8.10. The molecule has 2 aromatic rings. The molecule has 0 fully saturated rings. The molecule has 24 heavy (non-hydrogen) atoms. The first kappa shape index (κ1) is 17.5. The number of nitrogens with zero attached hydrogens (tertiary/aromatic N) is 2. The summed E-state index contributed by atoms with van der Waals surface area (Å²) in [7, 11) is 3.31. The maximum Gasteiger partial charge on any atom is 0.259 e. The number of carbonyl (C=O) groups is 2. The molecule has 6 nitrogen and oxygen atoms in total. The SMILES string of the molecule is C[C@@H](NC(=O)c1ccccc1OCC(=O)N(C)C)c1ccncc1. The average molecular weight is 327 g/mol. The largest absolute Gasteiger partial charge is 0.483 e. The van der Waals surface area contributed by atoms with E-state index in [9.17, 15) is 9.59 Å². The van der Waals surface area contributed by atoms with Gasteiger partial charge in [0, 0.05) is 26.5 Å². The van der Waals surface area contributed by atoms with Gasteiger partial charge in [0.2, 0.25) is 0 Å². The molecule has 0 saturated heterocycles. The van der Waals surface area contributed by atoms with Gasteiger partial charge >= 0.3 is 0 Å². The van der Waals surface area contributed by atoms with Crippen LogP contribution < -0.4 is 10.1 Å². The summed E-state index contributed by atoms with van der Waals surface area (Å²) in [6.07, 6.45) is 3.36. The molecule has 0 radical (unpaired) electrons. The van der Waals surface area contributed by atoms with Crippen molar-refractivity contribution in [2.75, 3.05) is 20.7 Å². The summed E-state index contributed by atoms with van der Waals surface area (Å²) in [6.45, 7) is 1.78. The minimum absolute atomic E-state index is 0.114. The van der Waals surface area contributed by atoms with Crippen molar-refractivity contribution in [1.29, 1.82) is 0 Å². The predicted octanol–water partition coefficient (Wildman–Crippen LogP) is 2.04. The number of hydrogen-bond donors (Lipinski definition) is 1. The molecule has 126 valence electrons. The minimum Gasteiger partial charge on any atom is -0.483 e. The summed E-state index contributed by atoms with van der Waals surface area (Å²) in [5, 5.41) is 2.92. The summed E-state index contributed by atoms with van der Waals surface area (Å²) in [6, 6.07) is 10.4. The van der Waals surface area contributed by atoms with E-state index in [-0.39, 0.29) is 24.5 Å². The van der Waals surface area contributed by atoms with E-state index in [1.165, 1.54) is 4.90 Å². The van der Waals surface area contributed by atoms with Gasteiger partial charge in [-0.15, -0.1) is 0 Å². The van der Waals surface area contributed by atoms with Crippen molar-refractivity contribution in [3.8, 4) is 5.75 Å². The Balaban J connectivity index is 2.08. The number of aromatic nitrogens is 1. The van der Waals surface area contributed by atoms with E-state index in [1.54, 1.807) is 50.8 Å². The number of ether oxygens (including phenoxy) is 1. The molecular formula is C18H21N3O3. The maximum absolute atomic E-state index is 12.5. The van der Waals surface area contributed by atoms with Crippen molar-refractivity contribution in [3.63, 3.8) is 0 Å². The first-order chi connectivity index (χ1) is 11.5. The lowest BCUT2D eigenvalue weighted by atomic mass is 10.1. The average Bonchev–Trinajstić information content (AvgIpc) is 2.60. The first-order valence-electron chi connectivity index (χ1n) is 7.62. The van der Waals surface area contributed by atoms with Crippen LogP contribution in [0.25, 0.3) is 0 Å². The highest BCUT2D eigenvalue weighted by Gasteiger charge is 2.16. The molecular weight excluding hydrogens is 306 g/mol. The zero-order chi connectivity index (χ0) is 17.5. The van der Waals surface area contributed by atoms with Gasteiger partial charge in [-0.1, -0.05) is 12.1 Å². The molecule has 1 atom stereocenters. The number of likely N-dealkylation sites (N-methyl/N-ethyl adjacent to an activating group) is 1. The highest BCUT2D eigenvalue weighted by atomic mass is 16.5. The molecule has 1 N–H and O–H groups in total. The topological polar surface area (TPSA) is 71.5 Å². The van der Waals surface area contributed by atoms with Gasteiger partial charge in [-0.2, -0.15) is 0 Å². The summed E-state index contributed by atoms with van der Waals surface area (Å²) < 4.78 is 5.51. The molecule has 0 unspecified atom stereocenters. The van der Waals surface area contributed by atoms with E-state index in [4.69, 9.17) is 4.74 Å². The molecule has 0 saturated carbocycles. The van der Waals surface area contributed by atoms with Crippen LogP contribution in [0.4, 0.5) is 0 Å². The van der Waals surface area contributed by atoms with Crippen molar-refractivity contribution < 1.29 is 14.3 Å². The van der Waals surface area contributed by atoms with Crippen molar-refractivity contribution in [1.82, 2.24) is 15.2 Å². The number of amides is 2. The van der Waals surface area contributed by atoms with Crippen molar-refractivity contribution in [3.05, 3.63) is 59.9 Å². The first-order valence-corrected chi connectivity index (χ1v) is 7.62. The lowest BCUT2D eigenvalue weighted by Crippen LogP contribution is -2.29. The van der Waals surface area contributed by atoms with E-state index >= 15 is 0 Å². The number of benzene rings is 1. The van der Waals surface area contributed by atoms with Gasteiger partial charge in [0.25, 0.3) is 11.8 Å². The van der Waals surface area contributed by atoms with Gasteiger partial charge < -0.3 is 15.0 Å². The summed E-state index contributed by atoms with van der Waals surface area (Å²) in [5.41, 5.74) is 1.35. The molecule has 0 spiro atoms. The highest BCUT2D eigenvalue weighted by Crippen LogP contribution is 2.19. The molecule has 1 aromatic heterocycles.